The zero-order chi connectivity index (χ0) is 42.6. The van der Waals surface area contributed by atoms with E-state index in [1.807, 2.05) is 60.7 Å². The summed E-state index contributed by atoms with van der Waals surface area (Å²) in [5.74, 6) is -1.58. The normalized spacial score (nSPS) is 11.8. The van der Waals surface area contributed by atoms with Gasteiger partial charge in [-0.3, -0.25) is 0 Å². The number of rotatable bonds is 13. The second kappa shape index (κ2) is 19.8. The first-order valence-corrected chi connectivity index (χ1v) is 20.3. The van der Waals surface area contributed by atoms with E-state index in [1.165, 1.54) is 0 Å². The first-order chi connectivity index (χ1) is 26.4. The average molecular weight is 829 g/mol. The van der Waals surface area contributed by atoms with Crippen molar-refractivity contribution >= 4 is 38.9 Å². The Morgan fingerprint density at radius 3 is 1.26 bits per heavy atom. The number of halogens is 1. The number of carbonyl (C=O) groups excluding carboxylic acids is 3. The molecule has 0 atom stereocenters. The molecule has 0 fully saturated rings. The van der Waals surface area contributed by atoms with Crippen molar-refractivity contribution in [1.29, 1.82) is 0 Å². The van der Waals surface area contributed by atoms with Gasteiger partial charge in [-0.25, -0.2) is 27.2 Å². The monoisotopic (exact) mass is 828 g/mol. The van der Waals surface area contributed by atoms with Crippen molar-refractivity contribution in [2.75, 3.05) is 19.8 Å². The van der Waals surface area contributed by atoms with Gasteiger partial charge in [-0.1, -0.05) is 36.4 Å². The predicted octanol–water partition coefficient (Wildman–Crippen LogP) is 7.67. The third-order valence-corrected chi connectivity index (χ3v) is 9.71. The zero-order valence-electron chi connectivity index (χ0n) is 33.5. The van der Waals surface area contributed by atoms with Gasteiger partial charge in [0.25, 0.3) is 0 Å². The zero-order valence-corrected chi connectivity index (χ0v) is 35.1. The van der Waals surface area contributed by atoms with Crippen molar-refractivity contribution in [1.82, 2.24) is 0 Å². The fourth-order valence-electron chi connectivity index (χ4n) is 4.67. The van der Waals surface area contributed by atoms with Crippen LogP contribution >= 0.6 is 0 Å². The Morgan fingerprint density at radius 2 is 0.930 bits per heavy atom. The highest BCUT2D eigenvalue weighted by Gasteiger charge is 2.38. The van der Waals surface area contributed by atoms with Crippen LogP contribution in [0.5, 0.6) is 17.2 Å². The standard InChI is InChI=1S/C36H45O9S.C6H5FO3S/c1-34(2,3)43-30(37)22-40-25-20-28(41-23-31(38)44-35(4,5)6)33(29(21-25)42-24-32(39)45-36(7,8)9)46(26-16-12-10-13-17-26)27-18-14-11-15-19-27;7-5-1-3-6(4-2-5)11(8,9)10/h10-21H,22-24H2,1-9H3;1-4H,(H,8,9,10)/q+1;/p-1. The van der Waals surface area contributed by atoms with Crippen LogP contribution in [0.4, 0.5) is 4.39 Å². The average Bonchev–Trinajstić information content (AvgIpc) is 3.08. The van der Waals surface area contributed by atoms with E-state index in [9.17, 15) is 31.7 Å². The Bertz CT molecular complexity index is 1960. The minimum absolute atomic E-state index is 0.206. The molecule has 12 nitrogen and oxygen atoms in total. The molecule has 0 bridgehead atoms. The van der Waals surface area contributed by atoms with Crippen LogP contribution in [0.2, 0.25) is 0 Å². The van der Waals surface area contributed by atoms with E-state index >= 15 is 0 Å². The number of hydrogen-bond donors (Lipinski definition) is 0. The minimum Gasteiger partial charge on any atom is -0.744 e. The number of benzene rings is 4. The third-order valence-electron chi connectivity index (χ3n) is 6.57. The second-order valence-electron chi connectivity index (χ2n) is 15.2. The van der Waals surface area contributed by atoms with Gasteiger partial charge in [-0.05, 0) is 111 Å². The van der Waals surface area contributed by atoms with Crippen LogP contribution in [0.1, 0.15) is 62.3 Å². The molecule has 0 aliphatic heterocycles. The molecule has 57 heavy (non-hydrogen) atoms. The van der Waals surface area contributed by atoms with Gasteiger partial charge in [0.15, 0.2) is 41.1 Å². The molecule has 0 amide bonds. The van der Waals surface area contributed by atoms with Crippen molar-refractivity contribution in [3.63, 3.8) is 0 Å². The van der Waals surface area contributed by atoms with E-state index in [1.54, 1.807) is 74.4 Å². The summed E-state index contributed by atoms with van der Waals surface area (Å²) in [4.78, 5) is 40.1. The topological polar surface area (TPSA) is 164 Å². The molecule has 0 N–H and O–H groups in total. The lowest BCUT2D eigenvalue weighted by Crippen LogP contribution is -2.28. The summed E-state index contributed by atoms with van der Waals surface area (Å²) in [5.41, 5.74) is -2.14. The smallest absolute Gasteiger partial charge is 0.344 e. The van der Waals surface area contributed by atoms with Gasteiger partial charge in [0.1, 0.15) is 49.4 Å². The molecule has 4 aromatic rings. The summed E-state index contributed by atoms with van der Waals surface area (Å²) >= 11 is 0. The summed E-state index contributed by atoms with van der Waals surface area (Å²) in [7, 11) is -5.28. The number of ether oxygens (including phenoxy) is 6. The Balaban J connectivity index is 0.000000679. The van der Waals surface area contributed by atoms with Crippen LogP contribution < -0.4 is 14.2 Å². The highest BCUT2D eigenvalue weighted by molar-refractivity contribution is 7.97. The number of hydrogen-bond acceptors (Lipinski definition) is 12. The second-order valence-corrected chi connectivity index (χ2v) is 18.6. The van der Waals surface area contributed by atoms with Crippen molar-refractivity contribution in [2.24, 2.45) is 0 Å². The maximum Gasteiger partial charge on any atom is 0.344 e. The molecule has 0 saturated heterocycles. The van der Waals surface area contributed by atoms with Crippen molar-refractivity contribution in [3.05, 3.63) is 103 Å². The SMILES string of the molecule is CC(C)(C)OC(=O)COc1cc(OCC(=O)OC(C)(C)C)c([S+](c2ccccc2)c2ccccc2)c(OCC(=O)OC(C)(C)C)c1.O=S(=O)([O-])c1ccc(F)cc1. The highest BCUT2D eigenvalue weighted by Crippen LogP contribution is 2.45. The first-order valence-electron chi connectivity index (χ1n) is 17.7. The van der Waals surface area contributed by atoms with E-state index < -0.39 is 86.3 Å². The Hall–Kier alpha value is -5.12. The molecule has 0 saturated carbocycles. The fraction of sp³-hybridized carbons (Fsp3) is 0.357. The summed E-state index contributed by atoms with van der Waals surface area (Å²) in [5, 5.41) is 0. The van der Waals surface area contributed by atoms with E-state index in [-0.39, 0.29) is 17.2 Å². The lowest BCUT2D eigenvalue weighted by Gasteiger charge is -2.22. The van der Waals surface area contributed by atoms with Crippen LogP contribution in [0.15, 0.2) is 117 Å². The van der Waals surface area contributed by atoms with E-state index in [0.29, 0.717) is 4.90 Å². The number of esters is 3. The largest absolute Gasteiger partial charge is 0.744 e. The molecule has 4 rings (SSSR count). The lowest BCUT2D eigenvalue weighted by atomic mass is 10.2. The molecule has 0 aliphatic carbocycles. The molecular formula is C42H49FO12S2. The summed E-state index contributed by atoms with van der Waals surface area (Å²) in [6.07, 6.45) is 0. The maximum absolute atomic E-state index is 12.8. The molecule has 0 unspecified atom stereocenters. The van der Waals surface area contributed by atoms with Crippen LogP contribution in [0, 0.1) is 5.82 Å². The minimum atomic E-state index is -4.44. The van der Waals surface area contributed by atoms with Crippen LogP contribution in [0.3, 0.4) is 0 Å². The molecule has 0 radical (unpaired) electrons. The Morgan fingerprint density at radius 1 is 0.579 bits per heavy atom. The van der Waals surface area contributed by atoms with Crippen molar-refractivity contribution < 1.29 is 60.2 Å². The van der Waals surface area contributed by atoms with Gasteiger partial charge < -0.3 is 33.0 Å². The maximum atomic E-state index is 12.8. The third kappa shape index (κ3) is 16.9. The van der Waals surface area contributed by atoms with Gasteiger partial charge in [0.2, 0.25) is 4.90 Å². The Kier molecular flexibility index (Phi) is 16.1. The summed E-state index contributed by atoms with van der Waals surface area (Å²) in [6.45, 7) is 14.7. The highest BCUT2D eigenvalue weighted by atomic mass is 32.2. The van der Waals surface area contributed by atoms with Crippen LogP contribution in [-0.4, -0.2) is 67.5 Å². The first kappa shape index (κ1) is 46.3. The van der Waals surface area contributed by atoms with E-state index in [2.05, 4.69) is 0 Å². The van der Waals surface area contributed by atoms with Gasteiger partial charge in [0.05, 0.1) is 4.90 Å². The predicted molar refractivity (Wildman–Crippen MR) is 210 cm³/mol. The van der Waals surface area contributed by atoms with E-state index in [4.69, 9.17) is 28.4 Å². The van der Waals surface area contributed by atoms with Crippen LogP contribution in [0.25, 0.3) is 0 Å². The van der Waals surface area contributed by atoms with Crippen molar-refractivity contribution in [2.45, 2.75) is 98.7 Å². The molecule has 0 aliphatic rings. The quantitative estimate of drug-likeness (QED) is 0.0560. The lowest BCUT2D eigenvalue weighted by molar-refractivity contribution is -0.158. The fourth-order valence-corrected chi connectivity index (χ4v) is 7.38. The summed E-state index contributed by atoms with van der Waals surface area (Å²) in [6, 6.07) is 26.4. The molecular weight excluding hydrogens is 780 g/mol. The molecule has 4 aromatic carbocycles. The number of carbonyl (C=O) groups is 3. The molecule has 15 heteroatoms. The molecule has 308 valence electrons. The van der Waals surface area contributed by atoms with Crippen LogP contribution in [-0.2, 0) is 49.6 Å². The summed E-state index contributed by atoms with van der Waals surface area (Å²) < 4.78 is 77.5. The van der Waals surface area contributed by atoms with Gasteiger partial charge in [-0.2, -0.15) is 0 Å². The van der Waals surface area contributed by atoms with Gasteiger partial charge in [-0.15, -0.1) is 0 Å². The van der Waals surface area contributed by atoms with E-state index in [0.717, 1.165) is 34.1 Å². The molecule has 0 aromatic heterocycles. The van der Waals surface area contributed by atoms with Gasteiger partial charge in [0, 0.05) is 12.1 Å². The van der Waals surface area contributed by atoms with Gasteiger partial charge >= 0.3 is 17.9 Å². The molecule has 0 heterocycles. The Labute approximate surface area is 336 Å². The van der Waals surface area contributed by atoms with Crippen molar-refractivity contribution in [3.8, 4) is 17.2 Å². The molecule has 0 spiro atoms.